The number of rotatable bonds is 4. The minimum atomic E-state index is -0.768. The van der Waals surface area contributed by atoms with Crippen LogP contribution in [0.3, 0.4) is 0 Å². The SMILES string of the molecule is CC(CC(=O)O)Cc1ccc(Br)cc1Cl. The average molecular weight is 292 g/mol. The lowest BCUT2D eigenvalue weighted by atomic mass is 9.98. The first-order valence-corrected chi connectivity index (χ1v) is 5.82. The van der Waals surface area contributed by atoms with Gasteiger partial charge in [0.15, 0.2) is 0 Å². The van der Waals surface area contributed by atoms with Gasteiger partial charge in [-0.15, -0.1) is 0 Å². The van der Waals surface area contributed by atoms with E-state index in [-0.39, 0.29) is 12.3 Å². The number of carboxylic acid groups (broad SMARTS) is 1. The third-order valence-corrected chi connectivity index (χ3v) is 2.95. The van der Waals surface area contributed by atoms with Crippen molar-refractivity contribution >= 4 is 33.5 Å². The third kappa shape index (κ3) is 4.22. The minimum Gasteiger partial charge on any atom is -0.481 e. The van der Waals surface area contributed by atoms with Crippen LogP contribution in [0.4, 0.5) is 0 Å². The summed E-state index contributed by atoms with van der Waals surface area (Å²) in [5.74, 6) is -0.670. The quantitative estimate of drug-likeness (QED) is 0.917. The fourth-order valence-electron chi connectivity index (χ4n) is 1.43. The van der Waals surface area contributed by atoms with Gasteiger partial charge in [-0.25, -0.2) is 0 Å². The van der Waals surface area contributed by atoms with Crippen molar-refractivity contribution in [1.29, 1.82) is 0 Å². The predicted octanol–water partition coefficient (Wildman–Crippen LogP) is 3.76. The Hall–Kier alpha value is -0.540. The second-order valence-corrected chi connectivity index (χ2v) is 4.97. The van der Waals surface area contributed by atoms with Crippen LogP contribution in [-0.4, -0.2) is 11.1 Å². The maximum Gasteiger partial charge on any atom is 0.303 e. The van der Waals surface area contributed by atoms with Gasteiger partial charge in [0.1, 0.15) is 0 Å². The van der Waals surface area contributed by atoms with Crippen molar-refractivity contribution in [3.05, 3.63) is 33.3 Å². The van der Waals surface area contributed by atoms with Crippen molar-refractivity contribution in [2.75, 3.05) is 0 Å². The molecule has 0 saturated carbocycles. The third-order valence-electron chi connectivity index (χ3n) is 2.11. The Morgan fingerprint density at radius 3 is 2.80 bits per heavy atom. The van der Waals surface area contributed by atoms with Gasteiger partial charge in [0.25, 0.3) is 0 Å². The average Bonchev–Trinajstić information content (AvgIpc) is 2.08. The van der Waals surface area contributed by atoms with E-state index in [1.807, 2.05) is 25.1 Å². The first-order chi connectivity index (χ1) is 6.99. The van der Waals surface area contributed by atoms with Crippen molar-refractivity contribution in [3.8, 4) is 0 Å². The van der Waals surface area contributed by atoms with E-state index in [0.29, 0.717) is 11.4 Å². The molecular weight excluding hydrogens is 279 g/mol. The van der Waals surface area contributed by atoms with Crippen molar-refractivity contribution in [3.63, 3.8) is 0 Å². The summed E-state index contributed by atoms with van der Waals surface area (Å²) in [6.07, 6.45) is 0.866. The highest BCUT2D eigenvalue weighted by molar-refractivity contribution is 9.10. The van der Waals surface area contributed by atoms with Gasteiger partial charge in [0, 0.05) is 15.9 Å². The molecule has 0 fully saturated rings. The lowest BCUT2D eigenvalue weighted by molar-refractivity contribution is -0.137. The summed E-state index contributed by atoms with van der Waals surface area (Å²) in [5.41, 5.74) is 0.994. The van der Waals surface area contributed by atoms with E-state index in [4.69, 9.17) is 16.7 Å². The van der Waals surface area contributed by atoms with Crippen LogP contribution in [-0.2, 0) is 11.2 Å². The lowest BCUT2D eigenvalue weighted by Crippen LogP contribution is -2.07. The number of carboxylic acids is 1. The lowest BCUT2D eigenvalue weighted by Gasteiger charge is -2.10. The van der Waals surface area contributed by atoms with Gasteiger partial charge in [-0.1, -0.05) is 40.5 Å². The largest absolute Gasteiger partial charge is 0.481 e. The van der Waals surface area contributed by atoms with Crippen LogP contribution in [0.15, 0.2) is 22.7 Å². The zero-order valence-corrected chi connectivity index (χ0v) is 10.7. The van der Waals surface area contributed by atoms with E-state index in [2.05, 4.69) is 15.9 Å². The Balaban J connectivity index is 2.68. The Bertz CT molecular complexity index is 366. The normalized spacial score (nSPS) is 12.5. The number of halogens is 2. The van der Waals surface area contributed by atoms with E-state index in [1.54, 1.807) is 0 Å². The molecule has 0 bridgehead atoms. The number of carbonyl (C=O) groups is 1. The molecule has 0 saturated heterocycles. The van der Waals surface area contributed by atoms with E-state index >= 15 is 0 Å². The molecule has 15 heavy (non-hydrogen) atoms. The molecular formula is C11H12BrClO2. The topological polar surface area (TPSA) is 37.3 Å². The first-order valence-electron chi connectivity index (χ1n) is 4.64. The zero-order chi connectivity index (χ0) is 11.4. The summed E-state index contributed by atoms with van der Waals surface area (Å²) in [6, 6.07) is 5.66. The van der Waals surface area contributed by atoms with Crippen molar-refractivity contribution in [2.24, 2.45) is 5.92 Å². The molecule has 82 valence electrons. The molecule has 1 rings (SSSR count). The van der Waals surface area contributed by atoms with Gasteiger partial charge in [-0.3, -0.25) is 4.79 Å². The maximum absolute atomic E-state index is 10.5. The molecule has 1 unspecified atom stereocenters. The van der Waals surface area contributed by atoms with Gasteiger partial charge in [0.2, 0.25) is 0 Å². The Morgan fingerprint density at radius 2 is 2.27 bits per heavy atom. The molecule has 0 amide bonds. The van der Waals surface area contributed by atoms with Gasteiger partial charge in [-0.2, -0.15) is 0 Å². The number of benzene rings is 1. The molecule has 1 N–H and O–H groups in total. The Kier molecular flexibility index (Phi) is 4.61. The highest BCUT2D eigenvalue weighted by Gasteiger charge is 2.10. The number of hydrogen-bond acceptors (Lipinski definition) is 1. The van der Waals surface area contributed by atoms with E-state index in [0.717, 1.165) is 10.0 Å². The highest BCUT2D eigenvalue weighted by Crippen LogP contribution is 2.24. The van der Waals surface area contributed by atoms with E-state index in [1.165, 1.54) is 0 Å². The van der Waals surface area contributed by atoms with Gasteiger partial charge >= 0.3 is 5.97 Å². The van der Waals surface area contributed by atoms with E-state index in [9.17, 15) is 4.79 Å². The van der Waals surface area contributed by atoms with Crippen LogP contribution in [0, 0.1) is 5.92 Å². The number of aliphatic carboxylic acids is 1. The maximum atomic E-state index is 10.5. The fourth-order valence-corrected chi connectivity index (χ4v) is 2.18. The van der Waals surface area contributed by atoms with Crippen molar-refractivity contribution in [2.45, 2.75) is 19.8 Å². The predicted molar refractivity (Wildman–Crippen MR) is 64.3 cm³/mol. The van der Waals surface area contributed by atoms with Crippen LogP contribution < -0.4 is 0 Å². The Labute approximate surface area is 102 Å². The standard InChI is InChI=1S/C11H12BrClO2/c1-7(5-11(14)15)4-8-2-3-9(12)6-10(8)13/h2-3,6-7H,4-5H2,1H3,(H,14,15). The van der Waals surface area contributed by atoms with E-state index < -0.39 is 5.97 Å². The highest BCUT2D eigenvalue weighted by atomic mass is 79.9. The molecule has 4 heteroatoms. The summed E-state index contributed by atoms with van der Waals surface area (Å²) < 4.78 is 0.933. The zero-order valence-electron chi connectivity index (χ0n) is 8.34. The van der Waals surface area contributed by atoms with Crippen molar-refractivity contribution < 1.29 is 9.90 Å². The van der Waals surface area contributed by atoms with Crippen molar-refractivity contribution in [1.82, 2.24) is 0 Å². The smallest absolute Gasteiger partial charge is 0.303 e. The monoisotopic (exact) mass is 290 g/mol. The first kappa shape index (κ1) is 12.5. The van der Waals surface area contributed by atoms with Crippen LogP contribution in [0.5, 0.6) is 0 Å². The van der Waals surface area contributed by atoms with Gasteiger partial charge < -0.3 is 5.11 Å². The molecule has 1 aromatic rings. The second-order valence-electron chi connectivity index (χ2n) is 3.64. The molecule has 0 aliphatic carbocycles. The molecule has 1 aromatic carbocycles. The summed E-state index contributed by atoms with van der Waals surface area (Å²) in [7, 11) is 0. The number of hydrogen-bond donors (Lipinski definition) is 1. The summed E-state index contributed by atoms with van der Waals surface area (Å²) in [5, 5.41) is 9.32. The van der Waals surface area contributed by atoms with Crippen LogP contribution in [0.25, 0.3) is 0 Å². The summed E-state index contributed by atoms with van der Waals surface area (Å²) >= 11 is 9.36. The fraction of sp³-hybridized carbons (Fsp3) is 0.364. The van der Waals surface area contributed by atoms with Crippen LogP contribution >= 0.6 is 27.5 Å². The molecule has 0 aromatic heterocycles. The Morgan fingerprint density at radius 1 is 1.60 bits per heavy atom. The van der Waals surface area contributed by atoms with Crippen LogP contribution in [0.1, 0.15) is 18.9 Å². The summed E-state index contributed by atoms with van der Waals surface area (Å²) in [6.45, 7) is 1.91. The molecule has 2 nitrogen and oxygen atoms in total. The molecule has 0 spiro atoms. The summed E-state index contributed by atoms with van der Waals surface area (Å²) in [4.78, 5) is 10.5. The van der Waals surface area contributed by atoms with Crippen LogP contribution in [0.2, 0.25) is 5.02 Å². The molecule has 0 aliphatic rings. The molecule has 1 atom stereocenters. The van der Waals surface area contributed by atoms with Gasteiger partial charge in [-0.05, 0) is 30.0 Å². The minimum absolute atomic E-state index is 0.0983. The molecule has 0 heterocycles. The molecule has 0 aliphatic heterocycles. The molecule has 0 radical (unpaired) electrons. The van der Waals surface area contributed by atoms with Gasteiger partial charge in [0.05, 0.1) is 0 Å². The second kappa shape index (κ2) is 5.52.